The summed E-state index contributed by atoms with van der Waals surface area (Å²) in [5, 5.41) is 0. The smallest absolute Gasteiger partial charge is 0.334 e. The van der Waals surface area contributed by atoms with Gasteiger partial charge in [0.05, 0.1) is 24.3 Å². The monoisotopic (exact) mass is 432 g/mol. The zero-order valence-electron chi connectivity index (χ0n) is 18.3. The summed E-state index contributed by atoms with van der Waals surface area (Å²) in [6.07, 6.45) is 14.4. The van der Waals surface area contributed by atoms with Gasteiger partial charge in [-0.3, -0.25) is 0 Å². The van der Waals surface area contributed by atoms with E-state index in [1.807, 2.05) is 0 Å². The molecule has 3 aliphatic carbocycles. The Balaban J connectivity index is 0.000000937. The van der Waals surface area contributed by atoms with E-state index >= 15 is 0 Å². The second kappa shape index (κ2) is 6.75. The molecule has 3 aliphatic heterocycles. The summed E-state index contributed by atoms with van der Waals surface area (Å²) in [7, 11) is 0. The van der Waals surface area contributed by atoms with Gasteiger partial charge in [0.25, 0.3) is 0 Å². The second-order valence-electron chi connectivity index (χ2n) is 10.2. The number of rotatable bonds is 4. The molecule has 0 aromatic rings. The molecule has 164 valence electrons. The molecule has 6 rings (SSSR count). The van der Waals surface area contributed by atoms with Crippen molar-refractivity contribution in [3.05, 3.63) is 11.1 Å². The molecule has 8 unspecified atom stereocenters. The first-order valence-electron chi connectivity index (χ1n) is 11.1. The van der Waals surface area contributed by atoms with Crippen molar-refractivity contribution in [1.82, 2.24) is 0 Å². The number of fused-ring (bicyclic) bond motifs is 2. The van der Waals surface area contributed by atoms with Crippen LogP contribution in [0.2, 0.25) is 0 Å². The molecule has 0 amide bonds. The maximum absolute atomic E-state index is 12.2. The number of ether oxygens (including phenoxy) is 4. The maximum Gasteiger partial charge on any atom is 0.334 e. The number of epoxide rings is 2. The van der Waals surface area contributed by atoms with E-state index in [0.717, 1.165) is 31.3 Å². The van der Waals surface area contributed by atoms with Crippen molar-refractivity contribution in [2.75, 3.05) is 18.8 Å². The Morgan fingerprint density at radius 1 is 1.23 bits per heavy atom. The summed E-state index contributed by atoms with van der Waals surface area (Å²) in [5.74, 6) is 1.93. The fraction of sp³-hybridized carbons (Fsp3) is 0.792. The Morgan fingerprint density at radius 3 is 2.70 bits per heavy atom. The van der Waals surface area contributed by atoms with E-state index in [9.17, 15) is 4.79 Å². The highest BCUT2D eigenvalue weighted by Gasteiger charge is 2.93. The van der Waals surface area contributed by atoms with Crippen LogP contribution in [0.25, 0.3) is 0 Å². The van der Waals surface area contributed by atoms with Gasteiger partial charge >= 0.3 is 5.97 Å². The molecule has 2 spiro atoms. The van der Waals surface area contributed by atoms with Crippen LogP contribution in [0, 0.1) is 36.0 Å². The van der Waals surface area contributed by atoms with E-state index in [4.69, 9.17) is 18.9 Å². The normalized spacial score (nSPS) is 49.6. The molecule has 0 aromatic carbocycles. The van der Waals surface area contributed by atoms with Crippen LogP contribution >= 0.6 is 11.8 Å². The summed E-state index contributed by atoms with van der Waals surface area (Å²) in [6, 6.07) is 0. The third kappa shape index (κ3) is 2.25. The molecule has 30 heavy (non-hydrogen) atoms. The van der Waals surface area contributed by atoms with Gasteiger partial charge in [0, 0.05) is 11.0 Å². The number of carbonyl (C=O) groups is 1. The predicted molar refractivity (Wildman–Crippen MR) is 115 cm³/mol. The van der Waals surface area contributed by atoms with Crippen LogP contribution in [0.5, 0.6) is 0 Å². The third-order valence-corrected chi connectivity index (χ3v) is 9.33. The second-order valence-corrected chi connectivity index (χ2v) is 11.0. The number of esters is 1. The number of hydrogen-bond acceptors (Lipinski definition) is 6. The molecule has 0 radical (unpaired) electrons. The first kappa shape index (κ1) is 20.9. The van der Waals surface area contributed by atoms with Crippen molar-refractivity contribution in [2.45, 2.75) is 76.0 Å². The van der Waals surface area contributed by atoms with Crippen LogP contribution in [0.4, 0.5) is 0 Å². The summed E-state index contributed by atoms with van der Waals surface area (Å²) < 4.78 is 25.3. The lowest BCUT2D eigenvalue weighted by Crippen LogP contribution is -2.67. The van der Waals surface area contributed by atoms with Gasteiger partial charge in [-0.1, -0.05) is 20.8 Å². The molecule has 0 aromatic heterocycles. The maximum atomic E-state index is 12.2. The lowest BCUT2D eigenvalue weighted by Gasteiger charge is -2.54. The lowest BCUT2D eigenvalue weighted by molar-refractivity contribution is -0.136. The largest absolute Gasteiger partial charge is 0.458 e. The van der Waals surface area contributed by atoms with Crippen LogP contribution < -0.4 is 0 Å². The number of thioether (sulfide) groups is 1. The van der Waals surface area contributed by atoms with Crippen LogP contribution in [0.15, 0.2) is 11.1 Å². The predicted octanol–water partition coefficient (Wildman–Crippen LogP) is 3.57. The Hall–Kier alpha value is -1.00. The van der Waals surface area contributed by atoms with Gasteiger partial charge in [-0.25, -0.2) is 4.79 Å². The fourth-order valence-electron chi connectivity index (χ4n) is 7.64. The van der Waals surface area contributed by atoms with Crippen molar-refractivity contribution in [3.8, 4) is 12.8 Å². The van der Waals surface area contributed by atoms with E-state index in [-0.39, 0.29) is 40.9 Å². The molecular formula is C24H32O5S. The van der Waals surface area contributed by atoms with Crippen molar-refractivity contribution in [3.63, 3.8) is 0 Å². The van der Waals surface area contributed by atoms with Gasteiger partial charge < -0.3 is 18.9 Å². The molecule has 3 heterocycles. The van der Waals surface area contributed by atoms with Gasteiger partial charge in [0.2, 0.25) is 0 Å². The zero-order valence-corrected chi connectivity index (χ0v) is 19.1. The number of carbonyl (C=O) groups excluding carboxylic acids is 1. The van der Waals surface area contributed by atoms with E-state index in [0.29, 0.717) is 30.3 Å². The summed E-state index contributed by atoms with van der Waals surface area (Å²) in [4.78, 5) is 12.2. The number of terminal acetylenes is 1. The van der Waals surface area contributed by atoms with Crippen molar-refractivity contribution < 1.29 is 23.7 Å². The van der Waals surface area contributed by atoms with Crippen molar-refractivity contribution in [1.29, 1.82) is 0 Å². The van der Waals surface area contributed by atoms with E-state index < -0.39 is 0 Å². The van der Waals surface area contributed by atoms with Gasteiger partial charge in [-0.2, -0.15) is 0 Å². The van der Waals surface area contributed by atoms with Crippen LogP contribution in [-0.4, -0.2) is 54.3 Å². The van der Waals surface area contributed by atoms with Gasteiger partial charge in [-0.15, -0.1) is 24.6 Å². The highest BCUT2D eigenvalue weighted by atomic mass is 32.2. The third-order valence-electron chi connectivity index (χ3n) is 8.96. The molecule has 6 aliphatic rings. The molecule has 8 atom stereocenters. The van der Waals surface area contributed by atoms with E-state index in [1.165, 1.54) is 5.57 Å². The molecule has 2 saturated heterocycles. The molecular weight excluding hydrogens is 400 g/mol. The Bertz CT molecular complexity index is 820. The lowest BCUT2D eigenvalue weighted by atomic mass is 9.46. The molecule has 0 bridgehead atoms. The van der Waals surface area contributed by atoms with Crippen LogP contribution in [-0.2, 0) is 23.7 Å². The summed E-state index contributed by atoms with van der Waals surface area (Å²) in [5.41, 5.74) is 1.61. The first-order valence-corrected chi connectivity index (χ1v) is 12.5. The zero-order chi connectivity index (χ0) is 21.5. The minimum Gasteiger partial charge on any atom is -0.458 e. The minimum atomic E-state index is -0.298. The number of cyclic esters (lactones) is 1. The summed E-state index contributed by atoms with van der Waals surface area (Å²) >= 11 is 1.73. The SMILES string of the molecule is C#C.CSCOC1C(C(C)C)CC2OC23C2(C)CCC4=C(COC4=O)C2CC2OC213. The molecule has 5 nitrogen and oxygen atoms in total. The first-order chi connectivity index (χ1) is 14.4. The van der Waals surface area contributed by atoms with Gasteiger partial charge in [0.1, 0.15) is 12.2 Å². The Labute approximate surface area is 183 Å². The van der Waals surface area contributed by atoms with Crippen molar-refractivity contribution >= 4 is 17.7 Å². The number of hydrogen-bond donors (Lipinski definition) is 0. The van der Waals surface area contributed by atoms with Gasteiger partial charge in [0.15, 0.2) is 5.60 Å². The average molecular weight is 433 g/mol. The molecule has 4 fully saturated rings. The van der Waals surface area contributed by atoms with E-state index in [2.05, 4.69) is 39.9 Å². The summed E-state index contributed by atoms with van der Waals surface area (Å²) in [6.45, 7) is 7.47. The molecule has 2 saturated carbocycles. The minimum absolute atomic E-state index is 0.0135. The van der Waals surface area contributed by atoms with E-state index in [1.54, 1.807) is 11.8 Å². The Kier molecular flexibility index (Phi) is 4.70. The topological polar surface area (TPSA) is 60.6 Å². The molecule has 6 heteroatoms. The highest BCUT2D eigenvalue weighted by Crippen LogP contribution is 2.79. The Morgan fingerprint density at radius 2 is 2.00 bits per heavy atom. The van der Waals surface area contributed by atoms with Crippen LogP contribution in [0.3, 0.4) is 0 Å². The molecule has 0 N–H and O–H groups in total. The fourth-order valence-corrected chi connectivity index (χ4v) is 7.92. The van der Waals surface area contributed by atoms with Gasteiger partial charge in [-0.05, 0) is 55.3 Å². The standard InChI is InChI=1S/C22H30O5S.C2H2/c1-11(2)13-7-17-22(27-17)20(3)6-5-12-14(9-24-19(12)23)15(20)8-16-21(22,26-16)18(13)25-10-28-4;1-2/h11,13,15-18H,5-10H2,1-4H3;1-2H. The van der Waals surface area contributed by atoms with Crippen molar-refractivity contribution in [2.24, 2.45) is 23.2 Å². The quantitative estimate of drug-likeness (QED) is 0.293. The van der Waals surface area contributed by atoms with Crippen LogP contribution in [0.1, 0.15) is 46.5 Å². The highest BCUT2D eigenvalue weighted by molar-refractivity contribution is 7.98. The average Bonchev–Trinajstić information content (AvgIpc) is 3.61.